The minimum absolute atomic E-state index is 0.688. The largest absolute Gasteiger partial charge is 0.296 e. The molecule has 0 aliphatic rings. The Kier molecular flexibility index (Phi) is 1.77. The Bertz CT molecular complexity index is 445. The van der Waals surface area contributed by atoms with Gasteiger partial charge in [0.2, 0.25) is 0 Å². The van der Waals surface area contributed by atoms with Crippen LogP contribution in [-0.2, 0) is 0 Å². The molecule has 0 unspecified atom stereocenters. The van der Waals surface area contributed by atoms with Gasteiger partial charge in [0.05, 0.1) is 0 Å². The molecule has 12 heavy (non-hydrogen) atoms. The molecule has 0 aromatic carbocycles. The van der Waals surface area contributed by atoms with E-state index < -0.39 is 0 Å². The van der Waals surface area contributed by atoms with Crippen LogP contribution in [0.4, 0.5) is 0 Å². The van der Waals surface area contributed by atoms with Crippen LogP contribution in [0.25, 0.3) is 4.96 Å². The smallest absolute Gasteiger partial charge is 0.195 e. The molecule has 0 atom stereocenters. The van der Waals surface area contributed by atoms with Crippen molar-refractivity contribution in [1.82, 2.24) is 9.38 Å². The van der Waals surface area contributed by atoms with Gasteiger partial charge in [0.1, 0.15) is 10.3 Å². The second-order valence-electron chi connectivity index (χ2n) is 2.38. The molecule has 0 saturated heterocycles. The van der Waals surface area contributed by atoms with Crippen molar-refractivity contribution in [3.8, 4) is 0 Å². The van der Waals surface area contributed by atoms with E-state index in [1.807, 2.05) is 6.92 Å². The first kappa shape index (κ1) is 7.94. The van der Waals surface area contributed by atoms with Crippen LogP contribution in [-0.4, -0.2) is 15.7 Å². The zero-order valence-electron chi connectivity index (χ0n) is 6.24. The van der Waals surface area contributed by atoms with E-state index in [1.54, 1.807) is 10.6 Å². The molecule has 0 amide bonds. The number of aryl methyl sites for hydroxylation is 1. The standard InChI is InChI=1S/C7H5BrN2OS/c1-4-5(3-11)10-2-6(8)9-7(10)12-4/h2-3H,1H3. The Morgan fingerprint density at radius 2 is 2.50 bits per heavy atom. The number of aldehydes is 1. The number of halogens is 1. The van der Waals surface area contributed by atoms with Crippen LogP contribution in [0.2, 0.25) is 0 Å². The molecule has 5 heteroatoms. The van der Waals surface area contributed by atoms with Crippen LogP contribution in [0.3, 0.4) is 0 Å². The van der Waals surface area contributed by atoms with E-state index in [4.69, 9.17) is 0 Å². The minimum Gasteiger partial charge on any atom is -0.296 e. The van der Waals surface area contributed by atoms with Crippen LogP contribution >= 0.6 is 27.3 Å². The Morgan fingerprint density at radius 1 is 1.75 bits per heavy atom. The molecule has 62 valence electrons. The summed E-state index contributed by atoms with van der Waals surface area (Å²) in [6.45, 7) is 1.91. The first-order chi connectivity index (χ1) is 5.72. The predicted octanol–water partition coefficient (Wildman–Crippen LogP) is 2.28. The zero-order valence-corrected chi connectivity index (χ0v) is 8.65. The van der Waals surface area contributed by atoms with E-state index in [0.717, 1.165) is 20.7 Å². The number of hydrogen-bond donors (Lipinski definition) is 0. The van der Waals surface area contributed by atoms with E-state index >= 15 is 0 Å². The lowest BCUT2D eigenvalue weighted by Gasteiger charge is -1.86. The number of carbonyl (C=O) groups is 1. The Hall–Kier alpha value is -0.680. The minimum atomic E-state index is 0.688. The van der Waals surface area contributed by atoms with Crippen molar-refractivity contribution in [3.63, 3.8) is 0 Å². The Balaban J connectivity index is 2.86. The van der Waals surface area contributed by atoms with Crippen LogP contribution in [0.5, 0.6) is 0 Å². The molecule has 2 heterocycles. The molecule has 0 spiro atoms. The van der Waals surface area contributed by atoms with E-state index in [-0.39, 0.29) is 0 Å². The van der Waals surface area contributed by atoms with Crippen molar-refractivity contribution in [2.45, 2.75) is 6.92 Å². The molecule has 0 N–H and O–H groups in total. The maximum absolute atomic E-state index is 10.7. The summed E-state index contributed by atoms with van der Waals surface area (Å²) in [5.41, 5.74) is 0.688. The zero-order chi connectivity index (χ0) is 8.72. The molecule has 0 radical (unpaired) electrons. The third-order valence-corrected chi connectivity index (χ3v) is 2.99. The van der Waals surface area contributed by atoms with E-state index in [9.17, 15) is 4.79 Å². The van der Waals surface area contributed by atoms with E-state index in [2.05, 4.69) is 20.9 Å². The predicted molar refractivity (Wildman–Crippen MR) is 50.9 cm³/mol. The summed E-state index contributed by atoms with van der Waals surface area (Å²) in [6, 6.07) is 0. The summed E-state index contributed by atoms with van der Waals surface area (Å²) in [4.78, 5) is 16.7. The Labute approximate surface area is 81.2 Å². The topological polar surface area (TPSA) is 34.4 Å². The molecule has 0 aliphatic carbocycles. The summed E-state index contributed by atoms with van der Waals surface area (Å²) in [6.07, 6.45) is 2.65. The monoisotopic (exact) mass is 244 g/mol. The number of rotatable bonds is 1. The van der Waals surface area contributed by atoms with Gasteiger partial charge in [-0.2, -0.15) is 0 Å². The van der Waals surface area contributed by atoms with Crippen molar-refractivity contribution in [1.29, 1.82) is 0 Å². The van der Waals surface area contributed by atoms with Crippen molar-refractivity contribution in [3.05, 3.63) is 21.4 Å². The van der Waals surface area contributed by atoms with Gasteiger partial charge >= 0.3 is 0 Å². The maximum Gasteiger partial charge on any atom is 0.195 e. The van der Waals surface area contributed by atoms with Gasteiger partial charge in [0.15, 0.2) is 11.2 Å². The molecule has 0 fully saturated rings. The number of fused-ring (bicyclic) bond motifs is 1. The SMILES string of the molecule is Cc1sc2nc(Br)cn2c1C=O. The molecule has 0 bridgehead atoms. The highest BCUT2D eigenvalue weighted by atomic mass is 79.9. The highest BCUT2D eigenvalue weighted by Gasteiger charge is 2.09. The fourth-order valence-corrected chi connectivity index (χ4v) is 2.49. The molecule has 2 rings (SSSR count). The lowest BCUT2D eigenvalue weighted by atomic mass is 10.4. The highest BCUT2D eigenvalue weighted by Crippen LogP contribution is 2.22. The fourth-order valence-electron chi connectivity index (χ4n) is 1.08. The quantitative estimate of drug-likeness (QED) is 0.722. The molecule has 0 aliphatic heterocycles. The van der Waals surface area contributed by atoms with Crippen molar-refractivity contribution >= 4 is 38.5 Å². The van der Waals surface area contributed by atoms with Crippen molar-refractivity contribution in [2.75, 3.05) is 0 Å². The number of thiazole rings is 1. The molecular weight excluding hydrogens is 240 g/mol. The highest BCUT2D eigenvalue weighted by molar-refractivity contribution is 9.10. The lowest BCUT2D eigenvalue weighted by Crippen LogP contribution is -1.87. The second-order valence-corrected chi connectivity index (χ2v) is 4.37. The van der Waals surface area contributed by atoms with Crippen LogP contribution < -0.4 is 0 Å². The average Bonchev–Trinajstić information content (AvgIpc) is 2.43. The van der Waals surface area contributed by atoms with Gasteiger partial charge in [-0.15, -0.1) is 11.3 Å². The van der Waals surface area contributed by atoms with Gasteiger partial charge < -0.3 is 0 Å². The van der Waals surface area contributed by atoms with Crippen molar-refractivity contribution < 1.29 is 4.79 Å². The second kappa shape index (κ2) is 2.67. The Morgan fingerprint density at radius 3 is 3.17 bits per heavy atom. The van der Waals surface area contributed by atoms with Gasteiger partial charge in [-0.05, 0) is 22.9 Å². The van der Waals surface area contributed by atoms with Gasteiger partial charge in [-0.1, -0.05) is 0 Å². The summed E-state index contributed by atoms with van der Waals surface area (Å²) >= 11 is 4.77. The summed E-state index contributed by atoms with van der Waals surface area (Å²) in [5.74, 6) is 0. The summed E-state index contributed by atoms with van der Waals surface area (Å²) in [7, 11) is 0. The van der Waals surface area contributed by atoms with Gasteiger partial charge in [-0.3, -0.25) is 9.20 Å². The molecule has 2 aromatic heterocycles. The summed E-state index contributed by atoms with van der Waals surface area (Å²) < 4.78 is 2.55. The van der Waals surface area contributed by atoms with E-state index in [1.165, 1.54) is 11.3 Å². The summed E-state index contributed by atoms with van der Waals surface area (Å²) in [5, 5.41) is 0. The van der Waals surface area contributed by atoms with E-state index in [0.29, 0.717) is 5.69 Å². The number of hydrogen-bond acceptors (Lipinski definition) is 3. The number of nitrogens with zero attached hydrogens (tertiary/aromatic N) is 2. The van der Waals surface area contributed by atoms with Gasteiger partial charge in [-0.25, -0.2) is 4.98 Å². The number of aromatic nitrogens is 2. The molecular formula is C7H5BrN2OS. The first-order valence-corrected chi connectivity index (χ1v) is 4.92. The molecule has 2 aromatic rings. The third kappa shape index (κ3) is 1.01. The molecule has 3 nitrogen and oxygen atoms in total. The van der Waals surface area contributed by atoms with Crippen LogP contribution in [0.1, 0.15) is 15.4 Å². The molecule has 0 saturated carbocycles. The first-order valence-electron chi connectivity index (χ1n) is 3.31. The maximum atomic E-state index is 10.7. The van der Waals surface area contributed by atoms with Gasteiger partial charge in [0.25, 0.3) is 0 Å². The number of imidazole rings is 1. The fraction of sp³-hybridized carbons (Fsp3) is 0.143. The average molecular weight is 245 g/mol. The lowest BCUT2D eigenvalue weighted by molar-refractivity contribution is 0.111. The number of carbonyl (C=O) groups excluding carboxylic acids is 1. The van der Waals surface area contributed by atoms with Crippen molar-refractivity contribution in [2.24, 2.45) is 0 Å². The van der Waals surface area contributed by atoms with Crippen LogP contribution in [0, 0.1) is 6.92 Å². The van der Waals surface area contributed by atoms with Crippen LogP contribution in [0.15, 0.2) is 10.8 Å². The van der Waals surface area contributed by atoms with Gasteiger partial charge in [0, 0.05) is 11.1 Å². The normalized spacial score (nSPS) is 10.8. The third-order valence-electron chi connectivity index (χ3n) is 1.62.